The van der Waals surface area contributed by atoms with Crippen LogP contribution in [-0.4, -0.2) is 16.2 Å². The highest BCUT2D eigenvalue weighted by atomic mass is 32.1. The van der Waals surface area contributed by atoms with Gasteiger partial charge in [0.25, 0.3) is 0 Å². The van der Waals surface area contributed by atoms with Crippen molar-refractivity contribution in [3.8, 4) is 0 Å². The molecule has 0 amide bonds. The van der Waals surface area contributed by atoms with Crippen molar-refractivity contribution in [3.63, 3.8) is 0 Å². The van der Waals surface area contributed by atoms with Gasteiger partial charge < -0.3 is 5.32 Å². The van der Waals surface area contributed by atoms with Gasteiger partial charge in [0.1, 0.15) is 5.51 Å². The molecule has 0 saturated carbocycles. The third kappa shape index (κ3) is 1.97. The highest BCUT2D eigenvalue weighted by Gasteiger charge is 1.95. The van der Waals surface area contributed by atoms with Crippen LogP contribution in [0.5, 0.6) is 0 Å². The Morgan fingerprint density at radius 1 is 1.67 bits per heavy atom. The molecule has 9 heavy (non-hydrogen) atoms. The van der Waals surface area contributed by atoms with Gasteiger partial charge in [0.05, 0.1) is 0 Å². The van der Waals surface area contributed by atoms with Gasteiger partial charge in [-0.3, -0.25) is 0 Å². The molecule has 0 aromatic carbocycles. The Morgan fingerprint density at radius 2 is 2.44 bits per heavy atom. The quantitative estimate of drug-likeness (QED) is 0.679. The third-order valence-electron chi connectivity index (χ3n) is 0.772. The Morgan fingerprint density at radius 3 is 2.89 bits per heavy atom. The molecule has 0 aliphatic heterocycles. The summed E-state index contributed by atoms with van der Waals surface area (Å²) in [7, 11) is 0. The van der Waals surface area contributed by atoms with E-state index in [2.05, 4.69) is 29.4 Å². The van der Waals surface area contributed by atoms with E-state index in [0.717, 1.165) is 5.13 Å². The summed E-state index contributed by atoms with van der Waals surface area (Å²) in [4.78, 5) is 0. The standard InChI is InChI=1S/C5H9N3S/c1-4(2)7-5-8-6-3-9-5/h3-4H,1-2H3,(H,7,8). The molecule has 4 heteroatoms. The first-order valence-corrected chi connectivity index (χ1v) is 3.69. The molecular formula is C5H9N3S. The molecule has 0 radical (unpaired) electrons. The molecule has 0 aliphatic rings. The summed E-state index contributed by atoms with van der Waals surface area (Å²) in [6.07, 6.45) is 0. The van der Waals surface area contributed by atoms with Crippen LogP contribution >= 0.6 is 11.3 Å². The van der Waals surface area contributed by atoms with Crippen LogP contribution in [0.25, 0.3) is 0 Å². The SMILES string of the molecule is CC(C)Nc1nncs1. The van der Waals surface area contributed by atoms with E-state index in [9.17, 15) is 0 Å². The molecule has 1 aromatic rings. The molecule has 0 unspecified atom stereocenters. The zero-order valence-electron chi connectivity index (χ0n) is 5.46. The fourth-order valence-electron chi connectivity index (χ4n) is 0.483. The van der Waals surface area contributed by atoms with Crippen molar-refractivity contribution in [1.29, 1.82) is 0 Å². The van der Waals surface area contributed by atoms with Gasteiger partial charge in [-0.1, -0.05) is 11.3 Å². The van der Waals surface area contributed by atoms with Crippen molar-refractivity contribution >= 4 is 16.5 Å². The minimum absolute atomic E-state index is 0.443. The Bertz CT molecular complexity index is 159. The molecule has 1 aromatic heterocycles. The van der Waals surface area contributed by atoms with Crippen LogP contribution in [0.2, 0.25) is 0 Å². The van der Waals surface area contributed by atoms with E-state index in [0.29, 0.717) is 6.04 Å². The summed E-state index contributed by atoms with van der Waals surface area (Å²) in [5.74, 6) is 0. The topological polar surface area (TPSA) is 37.8 Å². The van der Waals surface area contributed by atoms with Crippen molar-refractivity contribution in [2.45, 2.75) is 19.9 Å². The first kappa shape index (κ1) is 6.48. The van der Waals surface area contributed by atoms with Gasteiger partial charge in [-0.15, -0.1) is 10.2 Å². The Kier molecular flexibility index (Phi) is 2.00. The van der Waals surface area contributed by atoms with Crippen molar-refractivity contribution in [2.75, 3.05) is 5.32 Å². The number of nitrogens with one attached hydrogen (secondary N) is 1. The summed E-state index contributed by atoms with van der Waals surface area (Å²) in [6, 6.07) is 0.443. The average molecular weight is 143 g/mol. The van der Waals surface area contributed by atoms with E-state index in [1.807, 2.05) is 0 Å². The molecule has 0 fully saturated rings. The molecular weight excluding hydrogens is 134 g/mol. The first-order valence-electron chi connectivity index (χ1n) is 2.82. The number of aromatic nitrogens is 2. The van der Waals surface area contributed by atoms with Gasteiger partial charge in [0, 0.05) is 6.04 Å². The van der Waals surface area contributed by atoms with Gasteiger partial charge in [-0.25, -0.2) is 0 Å². The van der Waals surface area contributed by atoms with Gasteiger partial charge >= 0.3 is 0 Å². The van der Waals surface area contributed by atoms with Crippen LogP contribution in [-0.2, 0) is 0 Å². The summed E-state index contributed by atoms with van der Waals surface area (Å²) in [5, 5.41) is 11.5. The van der Waals surface area contributed by atoms with E-state index < -0.39 is 0 Å². The summed E-state index contributed by atoms with van der Waals surface area (Å²) < 4.78 is 0. The lowest BCUT2D eigenvalue weighted by molar-refractivity contribution is 0.887. The fourth-order valence-corrected chi connectivity index (χ4v) is 1.08. The molecule has 3 nitrogen and oxygen atoms in total. The third-order valence-corrected chi connectivity index (χ3v) is 1.39. The van der Waals surface area contributed by atoms with Gasteiger partial charge in [-0.2, -0.15) is 0 Å². The molecule has 50 valence electrons. The number of rotatable bonds is 2. The van der Waals surface area contributed by atoms with Crippen LogP contribution in [0.4, 0.5) is 5.13 Å². The van der Waals surface area contributed by atoms with Crippen LogP contribution < -0.4 is 5.32 Å². The van der Waals surface area contributed by atoms with E-state index in [-0.39, 0.29) is 0 Å². The van der Waals surface area contributed by atoms with Crippen molar-refractivity contribution in [2.24, 2.45) is 0 Å². The lowest BCUT2D eigenvalue weighted by Crippen LogP contribution is -2.08. The highest BCUT2D eigenvalue weighted by molar-refractivity contribution is 7.13. The van der Waals surface area contributed by atoms with E-state index in [1.54, 1.807) is 5.51 Å². The van der Waals surface area contributed by atoms with Crippen molar-refractivity contribution in [3.05, 3.63) is 5.51 Å². The second-order valence-corrected chi connectivity index (χ2v) is 2.88. The van der Waals surface area contributed by atoms with Gasteiger partial charge in [0.15, 0.2) is 0 Å². The van der Waals surface area contributed by atoms with E-state index in [1.165, 1.54) is 11.3 Å². The summed E-state index contributed by atoms with van der Waals surface area (Å²) in [6.45, 7) is 4.14. The van der Waals surface area contributed by atoms with E-state index in [4.69, 9.17) is 0 Å². The molecule has 1 heterocycles. The van der Waals surface area contributed by atoms with Gasteiger partial charge in [-0.05, 0) is 13.8 Å². The predicted molar refractivity (Wildman–Crippen MR) is 38.7 cm³/mol. The molecule has 0 atom stereocenters. The lowest BCUT2D eigenvalue weighted by Gasteiger charge is -2.02. The zero-order chi connectivity index (χ0) is 6.69. The van der Waals surface area contributed by atoms with Crippen LogP contribution in [0, 0.1) is 0 Å². The Balaban J connectivity index is 2.48. The monoisotopic (exact) mass is 143 g/mol. The molecule has 0 bridgehead atoms. The maximum absolute atomic E-state index is 3.81. The first-order chi connectivity index (χ1) is 4.29. The van der Waals surface area contributed by atoms with Crippen molar-refractivity contribution < 1.29 is 0 Å². The zero-order valence-corrected chi connectivity index (χ0v) is 6.27. The highest BCUT2D eigenvalue weighted by Crippen LogP contribution is 2.08. The minimum Gasteiger partial charge on any atom is -0.358 e. The van der Waals surface area contributed by atoms with Crippen LogP contribution in [0.3, 0.4) is 0 Å². The average Bonchev–Trinajstić information content (AvgIpc) is 2.15. The predicted octanol–water partition coefficient (Wildman–Crippen LogP) is 1.36. The Hall–Kier alpha value is -0.640. The number of anilines is 1. The Labute approximate surface area is 58.1 Å². The van der Waals surface area contributed by atoms with Crippen LogP contribution in [0.1, 0.15) is 13.8 Å². The fraction of sp³-hybridized carbons (Fsp3) is 0.600. The number of hydrogen-bond acceptors (Lipinski definition) is 4. The largest absolute Gasteiger partial charge is 0.358 e. The number of nitrogens with zero attached hydrogens (tertiary/aromatic N) is 2. The van der Waals surface area contributed by atoms with Gasteiger partial charge in [0.2, 0.25) is 5.13 Å². The second-order valence-electron chi connectivity index (χ2n) is 2.04. The smallest absolute Gasteiger partial charge is 0.205 e. The maximum Gasteiger partial charge on any atom is 0.205 e. The molecule has 0 saturated heterocycles. The minimum atomic E-state index is 0.443. The second kappa shape index (κ2) is 2.77. The summed E-state index contributed by atoms with van der Waals surface area (Å²) >= 11 is 1.52. The van der Waals surface area contributed by atoms with Crippen LogP contribution in [0.15, 0.2) is 5.51 Å². The molecule has 0 spiro atoms. The summed E-state index contributed by atoms with van der Waals surface area (Å²) in [5.41, 5.74) is 1.71. The maximum atomic E-state index is 3.81. The lowest BCUT2D eigenvalue weighted by atomic mass is 10.4. The van der Waals surface area contributed by atoms with Crippen molar-refractivity contribution in [1.82, 2.24) is 10.2 Å². The van der Waals surface area contributed by atoms with E-state index >= 15 is 0 Å². The molecule has 1 N–H and O–H groups in total. The normalized spacial score (nSPS) is 10.1. The molecule has 1 rings (SSSR count). The number of hydrogen-bond donors (Lipinski definition) is 1. The molecule has 0 aliphatic carbocycles.